The minimum absolute atomic E-state index is 0.0599. The van der Waals surface area contributed by atoms with Crippen molar-refractivity contribution in [3.05, 3.63) is 53.6 Å². The van der Waals surface area contributed by atoms with Gasteiger partial charge in [0.2, 0.25) is 0 Å². The molecule has 2 aromatic rings. The molecule has 2 rings (SSSR count). The third-order valence-corrected chi connectivity index (χ3v) is 3.21. The fraction of sp³-hybridized carbons (Fsp3) is 0.111. The Bertz CT molecular complexity index is 805. The smallest absolute Gasteiger partial charge is 0.266 e. The van der Waals surface area contributed by atoms with Crippen molar-refractivity contribution in [2.75, 3.05) is 19.5 Å². The maximum absolute atomic E-state index is 12.2. The lowest BCUT2D eigenvalue weighted by atomic mass is 10.1. The average Bonchev–Trinajstić information content (AvgIpc) is 2.61. The molecule has 0 spiro atoms. The molecule has 0 heterocycles. The first-order valence-corrected chi connectivity index (χ1v) is 7.01. The SMILES string of the molecule is COc1ccc(C=C(C#N)C(=O)Nc2ccc(O)cc2)cc1OC. The third kappa shape index (κ3) is 4.05. The number of phenols is 1. The highest BCUT2D eigenvalue weighted by molar-refractivity contribution is 6.09. The second-order valence-electron chi connectivity index (χ2n) is 4.79. The normalized spacial score (nSPS) is 10.6. The van der Waals surface area contributed by atoms with Crippen molar-refractivity contribution in [2.24, 2.45) is 0 Å². The van der Waals surface area contributed by atoms with Gasteiger partial charge in [0, 0.05) is 5.69 Å². The molecular weight excluding hydrogens is 308 g/mol. The molecule has 0 aliphatic heterocycles. The number of amides is 1. The predicted molar refractivity (Wildman–Crippen MR) is 89.9 cm³/mol. The topological polar surface area (TPSA) is 91.6 Å². The first kappa shape index (κ1) is 16.9. The molecule has 0 aliphatic carbocycles. The zero-order valence-corrected chi connectivity index (χ0v) is 13.2. The summed E-state index contributed by atoms with van der Waals surface area (Å²) in [6, 6.07) is 12.9. The number of benzene rings is 2. The average molecular weight is 324 g/mol. The Morgan fingerprint density at radius 3 is 2.38 bits per heavy atom. The van der Waals surface area contributed by atoms with Crippen molar-refractivity contribution in [2.45, 2.75) is 0 Å². The predicted octanol–water partition coefficient (Wildman–Crippen LogP) is 2.96. The summed E-state index contributed by atoms with van der Waals surface area (Å²) in [6.45, 7) is 0. The third-order valence-electron chi connectivity index (χ3n) is 3.21. The highest BCUT2D eigenvalue weighted by atomic mass is 16.5. The van der Waals surface area contributed by atoms with Crippen molar-refractivity contribution < 1.29 is 19.4 Å². The molecule has 0 atom stereocenters. The number of hydrogen-bond donors (Lipinski definition) is 2. The van der Waals surface area contributed by atoms with Gasteiger partial charge in [0.25, 0.3) is 5.91 Å². The van der Waals surface area contributed by atoms with E-state index in [2.05, 4.69) is 5.32 Å². The monoisotopic (exact) mass is 324 g/mol. The quantitative estimate of drug-likeness (QED) is 0.501. The van der Waals surface area contributed by atoms with Crippen molar-refractivity contribution in [3.8, 4) is 23.3 Å². The van der Waals surface area contributed by atoms with E-state index in [0.29, 0.717) is 22.7 Å². The molecule has 0 saturated carbocycles. The second-order valence-corrected chi connectivity index (χ2v) is 4.79. The molecule has 0 bridgehead atoms. The number of nitrogens with zero attached hydrogens (tertiary/aromatic N) is 1. The van der Waals surface area contributed by atoms with Gasteiger partial charge in [-0.15, -0.1) is 0 Å². The number of aromatic hydroxyl groups is 1. The van der Waals surface area contributed by atoms with E-state index in [1.54, 1.807) is 30.3 Å². The van der Waals surface area contributed by atoms with Gasteiger partial charge in [-0.05, 0) is 48.0 Å². The summed E-state index contributed by atoms with van der Waals surface area (Å²) in [6.07, 6.45) is 1.46. The van der Waals surface area contributed by atoms with Gasteiger partial charge < -0.3 is 19.9 Å². The van der Waals surface area contributed by atoms with E-state index in [4.69, 9.17) is 9.47 Å². The fourth-order valence-electron chi connectivity index (χ4n) is 2.00. The summed E-state index contributed by atoms with van der Waals surface area (Å²) >= 11 is 0. The van der Waals surface area contributed by atoms with Gasteiger partial charge in [0.1, 0.15) is 17.4 Å². The van der Waals surface area contributed by atoms with Gasteiger partial charge in [-0.2, -0.15) is 5.26 Å². The minimum Gasteiger partial charge on any atom is -0.508 e. The molecule has 0 aromatic heterocycles. The largest absolute Gasteiger partial charge is 0.508 e. The van der Waals surface area contributed by atoms with Crippen LogP contribution in [0.3, 0.4) is 0 Å². The van der Waals surface area contributed by atoms with Crippen molar-refractivity contribution in [3.63, 3.8) is 0 Å². The van der Waals surface area contributed by atoms with Crippen molar-refractivity contribution >= 4 is 17.7 Å². The lowest BCUT2D eigenvalue weighted by Crippen LogP contribution is -2.13. The zero-order chi connectivity index (χ0) is 17.5. The Kier molecular flexibility index (Phi) is 5.42. The Labute approximate surface area is 139 Å². The van der Waals surface area contributed by atoms with Crippen LogP contribution < -0.4 is 14.8 Å². The number of anilines is 1. The van der Waals surface area contributed by atoms with E-state index >= 15 is 0 Å². The van der Waals surface area contributed by atoms with Crippen LogP contribution in [0, 0.1) is 11.3 Å². The number of carbonyl (C=O) groups is 1. The summed E-state index contributed by atoms with van der Waals surface area (Å²) in [5, 5.41) is 21.1. The number of carbonyl (C=O) groups excluding carboxylic acids is 1. The Hall–Kier alpha value is -3.46. The molecular formula is C18H16N2O4. The molecule has 0 unspecified atom stereocenters. The molecule has 24 heavy (non-hydrogen) atoms. The first-order valence-electron chi connectivity index (χ1n) is 7.01. The number of ether oxygens (including phenoxy) is 2. The van der Waals surface area contributed by atoms with Crippen LogP contribution in [0.2, 0.25) is 0 Å². The Balaban J connectivity index is 2.23. The second kappa shape index (κ2) is 7.70. The molecule has 2 N–H and O–H groups in total. The lowest BCUT2D eigenvalue weighted by molar-refractivity contribution is -0.112. The number of rotatable bonds is 5. The van der Waals surface area contributed by atoms with Crippen LogP contribution in [0.15, 0.2) is 48.0 Å². The fourth-order valence-corrected chi connectivity index (χ4v) is 2.00. The van der Waals surface area contributed by atoms with E-state index in [1.165, 1.54) is 32.4 Å². The lowest BCUT2D eigenvalue weighted by Gasteiger charge is -2.08. The van der Waals surface area contributed by atoms with Gasteiger partial charge in [0.15, 0.2) is 11.5 Å². The number of methoxy groups -OCH3 is 2. The summed E-state index contributed by atoms with van der Waals surface area (Å²) in [7, 11) is 3.03. The highest BCUT2D eigenvalue weighted by Crippen LogP contribution is 2.28. The van der Waals surface area contributed by atoms with Crippen molar-refractivity contribution in [1.82, 2.24) is 0 Å². The van der Waals surface area contributed by atoms with E-state index in [-0.39, 0.29) is 11.3 Å². The Morgan fingerprint density at radius 2 is 1.79 bits per heavy atom. The first-order chi connectivity index (χ1) is 11.6. The molecule has 6 heteroatoms. The van der Waals surface area contributed by atoms with Crippen LogP contribution in [0.25, 0.3) is 6.08 Å². The van der Waals surface area contributed by atoms with Crippen LogP contribution in [-0.2, 0) is 4.79 Å². The van der Waals surface area contributed by atoms with E-state index in [0.717, 1.165) is 0 Å². The van der Waals surface area contributed by atoms with Crippen LogP contribution >= 0.6 is 0 Å². The minimum atomic E-state index is -0.544. The van der Waals surface area contributed by atoms with Gasteiger partial charge in [-0.25, -0.2) is 0 Å². The maximum atomic E-state index is 12.2. The summed E-state index contributed by atoms with van der Waals surface area (Å²) in [4.78, 5) is 12.2. The summed E-state index contributed by atoms with van der Waals surface area (Å²) in [5.41, 5.74) is 1.05. The summed E-state index contributed by atoms with van der Waals surface area (Å²) < 4.78 is 10.3. The molecule has 0 fully saturated rings. The number of hydrogen-bond acceptors (Lipinski definition) is 5. The van der Waals surface area contributed by atoms with Crippen molar-refractivity contribution in [1.29, 1.82) is 5.26 Å². The molecule has 122 valence electrons. The van der Waals surface area contributed by atoms with Gasteiger partial charge in [-0.3, -0.25) is 4.79 Å². The van der Waals surface area contributed by atoms with Gasteiger partial charge in [0.05, 0.1) is 14.2 Å². The molecule has 1 amide bonds. The van der Waals surface area contributed by atoms with E-state index < -0.39 is 5.91 Å². The number of phenolic OH excluding ortho intramolecular Hbond substituents is 1. The standard InChI is InChI=1S/C18H16N2O4/c1-23-16-8-3-12(10-17(16)24-2)9-13(11-19)18(22)20-14-4-6-15(21)7-5-14/h3-10,21H,1-2H3,(H,20,22). The van der Waals surface area contributed by atoms with Gasteiger partial charge in [-0.1, -0.05) is 6.07 Å². The number of nitriles is 1. The molecule has 2 aromatic carbocycles. The summed E-state index contributed by atoms with van der Waals surface area (Å²) in [5.74, 6) is 0.608. The molecule has 0 aliphatic rings. The van der Waals surface area contributed by atoms with Gasteiger partial charge >= 0.3 is 0 Å². The Morgan fingerprint density at radius 1 is 1.12 bits per heavy atom. The molecule has 0 radical (unpaired) electrons. The number of nitrogens with one attached hydrogen (secondary N) is 1. The van der Waals surface area contributed by atoms with E-state index in [9.17, 15) is 15.2 Å². The van der Waals surface area contributed by atoms with Crippen LogP contribution in [-0.4, -0.2) is 25.2 Å². The maximum Gasteiger partial charge on any atom is 0.266 e. The highest BCUT2D eigenvalue weighted by Gasteiger charge is 2.11. The van der Waals surface area contributed by atoms with E-state index in [1.807, 2.05) is 6.07 Å². The molecule has 0 saturated heterocycles. The van der Waals surface area contributed by atoms with Crippen LogP contribution in [0.4, 0.5) is 5.69 Å². The zero-order valence-electron chi connectivity index (χ0n) is 13.2. The van der Waals surface area contributed by atoms with Crippen LogP contribution in [0.1, 0.15) is 5.56 Å². The van der Waals surface area contributed by atoms with Crippen LogP contribution in [0.5, 0.6) is 17.2 Å². The molecule has 6 nitrogen and oxygen atoms in total.